The summed E-state index contributed by atoms with van der Waals surface area (Å²) in [7, 11) is 0. The van der Waals surface area contributed by atoms with E-state index >= 15 is 0 Å². The molecule has 0 bridgehead atoms. The fourth-order valence-electron chi connectivity index (χ4n) is 2.36. The standard InChI is InChI=1S/C12H6Cl4O.C8H5NO2/c13-7-3-1-5-9(11(7)15)17-10-6-2-4-8(14)12(10)16;10-7-5-3-1-2-4-6(5)8(11)9-7/h1-6H;1-4H,(H,9,10,11). The van der Waals surface area contributed by atoms with Gasteiger partial charge in [0.15, 0.2) is 0 Å². The second kappa shape index (κ2) is 8.84. The Labute approximate surface area is 180 Å². The van der Waals surface area contributed by atoms with Crippen LogP contribution in [0.1, 0.15) is 20.7 Å². The van der Waals surface area contributed by atoms with Crippen LogP contribution in [-0.2, 0) is 0 Å². The number of halogens is 4. The molecule has 0 saturated heterocycles. The third kappa shape index (κ3) is 4.42. The number of imide groups is 1. The second-order valence-corrected chi connectivity index (χ2v) is 7.11. The minimum atomic E-state index is -0.300. The van der Waals surface area contributed by atoms with Crippen LogP contribution < -0.4 is 10.1 Å². The minimum Gasteiger partial charge on any atom is -0.454 e. The van der Waals surface area contributed by atoms with Gasteiger partial charge in [0.25, 0.3) is 11.8 Å². The lowest BCUT2D eigenvalue weighted by atomic mass is 10.1. The molecule has 2 amide bonds. The minimum absolute atomic E-state index is 0.300. The van der Waals surface area contributed by atoms with Crippen molar-refractivity contribution in [3.05, 3.63) is 91.9 Å². The molecule has 8 heteroatoms. The first-order valence-electron chi connectivity index (χ1n) is 7.89. The monoisotopic (exact) mass is 453 g/mol. The van der Waals surface area contributed by atoms with Crippen molar-refractivity contribution in [1.82, 2.24) is 5.32 Å². The molecule has 142 valence electrons. The molecule has 1 N–H and O–H groups in total. The highest BCUT2D eigenvalue weighted by atomic mass is 35.5. The largest absolute Gasteiger partial charge is 0.454 e. The molecule has 4 nitrogen and oxygen atoms in total. The zero-order valence-corrected chi connectivity index (χ0v) is 17.0. The molecule has 0 aliphatic carbocycles. The first-order chi connectivity index (χ1) is 13.4. The van der Waals surface area contributed by atoms with Gasteiger partial charge in [-0.2, -0.15) is 0 Å². The number of fused-ring (bicyclic) bond motifs is 1. The van der Waals surface area contributed by atoms with Gasteiger partial charge < -0.3 is 4.74 Å². The van der Waals surface area contributed by atoms with E-state index in [1.165, 1.54) is 0 Å². The van der Waals surface area contributed by atoms with Crippen LogP contribution in [0.3, 0.4) is 0 Å². The molecule has 1 aliphatic heterocycles. The first kappa shape index (κ1) is 20.5. The van der Waals surface area contributed by atoms with Crippen LogP contribution in [0.5, 0.6) is 11.5 Å². The summed E-state index contributed by atoms with van der Waals surface area (Å²) in [5.41, 5.74) is 0.940. The molecule has 4 rings (SSSR count). The third-order valence-electron chi connectivity index (χ3n) is 3.70. The number of ether oxygens (including phenoxy) is 1. The van der Waals surface area contributed by atoms with Crippen molar-refractivity contribution in [2.24, 2.45) is 0 Å². The van der Waals surface area contributed by atoms with E-state index in [0.717, 1.165) is 0 Å². The molecule has 28 heavy (non-hydrogen) atoms. The van der Waals surface area contributed by atoms with Gasteiger partial charge in [0.05, 0.1) is 21.2 Å². The predicted molar refractivity (Wildman–Crippen MR) is 111 cm³/mol. The molecule has 3 aromatic carbocycles. The molecule has 0 fully saturated rings. The second-order valence-electron chi connectivity index (χ2n) is 5.53. The molecule has 0 atom stereocenters. The van der Waals surface area contributed by atoms with E-state index in [0.29, 0.717) is 42.7 Å². The summed E-state index contributed by atoms with van der Waals surface area (Å²) in [6.07, 6.45) is 0. The van der Waals surface area contributed by atoms with Gasteiger partial charge in [-0.15, -0.1) is 0 Å². The van der Waals surface area contributed by atoms with Gasteiger partial charge in [0.1, 0.15) is 21.5 Å². The van der Waals surface area contributed by atoms with Crippen molar-refractivity contribution in [1.29, 1.82) is 0 Å². The molecule has 0 saturated carbocycles. The Balaban J connectivity index is 0.000000176. The number of nitrogens with one attached hydrogen (secondary N) is 1. The number of benzene rings is 3. The van der Waals surface area contributed by atoms with E-state index < -0.39 is 0 Å². The average molecular weight is 455 g/mol. The number of rotatable bonds is 2. The third-order valence-corrected chi connectivity index (χ3v) is 5.30. The van der Waals surface area contributed by atoms with Crippen LogP contribution in [0, 0.1) is 0 Å². The molecule has 0 spiro atoms. The van der Waals surface area contributed by atoms with E-state index in [4.69, 9.17) is 51.1 Å². The molecule has 3 aromatic rings. The lowest BCUT2D eigenvalue weighted by Gasteiger charge is -2.10. The zero-order valence-electron chi connectivity index (χ0n) is 14.0. The Morgan fingerprint density at radius 2 is 1.04 bits per heavy atom. The molecule has 0 unspecified atom stereocenters. The van der Waals surface area contributed by atoms with Crippen LogP contribution in [0.25, 0.3) is 0 Å². The Morgan fingerprint density at radius 3 is 1.46 bits per heavy atom. The number of hydrogen-bond acceptors (Lipinski definition) is 3. The van der Waals surface area contributed by atoms with Crippen molar-refractivity contribution in [3.8, 4) is 11.5 Å². The van der Waals surface area contributed by atoms with Gasteiger partial charge >= 0.3 is 0 Å². The number of carbonyl (C=O) groups excluding carboxylic acids is 2. The Bertz CT molecular complexity index is 987. The summed E-state index contributed by atoms with van der Waals surface area (Å²) in [4.78, 5) is 21.9. The highest BCUT2D eigenvalue weighted by molar-refractivity contribution is 6.43. The highest BCUT2D eigenvalue weighted by Gasteiger charge is 2.25. The maximum Gasteiger partial charge on any atom is 0.258 e. The molecular formula is C20H11Cl4NO3. The molecule has 1 aliphatic rings. The normalized spacial score (nSPS) is 12.0. The molecular weight excluding hydrogens is 444 g/mol. The Morgan fingerprint density at radius 1 is 0.607 bits per heavy atom. The molecule has 0 radical (unpaired) electrons. The van der Waals surface area contributed by atoms with Crippen molar-refractivity contribution >= 4 is 58.2 Å². The number of hydrogen-bond donors (Lipinski definition) is 1. The van der Waals surface area contributed by atoms with Crippen LogP contribution >= 0.6 is 46.4 Å². The van der Waals surface area contributed by atoms with Gasteiger partial charge in [-0.3, -0.25) is 14.9 Å². The quantitative estimate of drug-likeness (QED) is 0.440. The van der Waals surface area contributed by atoms with Crippen LogP contribution in [-0.4, -0.2) is 11.8 Å². The van der Waals surface area contributed by atoms with E-state index in [1.807, 2.05) is 0 Å². The summed E-state index contributed by atoms with van der Waals surface area (Å²) in [5, 5.41) is 3.72. The van der Waals surface area contributed by atoms with Gasteiger partial charge in [-0.25, -0.2) is 0 Å². The predicted octanol–water partition coefficient (Wildman–Crippen LogP) is 6.66. The van der Waals surface area contributed by atoms with Gasteiger partial charge in [-0.1, -0.05) is 70.7 Å². The number of amides is 2. The summed E-state index contributed by atoms with van der Waals surface area (Å²) in [5.74, 6) is 0.267. The molecule has 1 heterocycles. The van der Waals surface area contributed by atoms with Crippen molar-refractivity contribution in [3.63, 3.8) is 0 Å². The fourth-order valence-corrected chi connectivity index (χ4v) is 3.02. The molecule has 0 aromatic heterocycles. The fraction of sp³-hybridized carbons (Fsp3) is 0. The van der Waals surface area contributed by atoms with Crippen LogP contribution in [0.4, 0.5) is 0 Å². The summed E-state index contributed by atoms with van der Waals surface area (Å²) in [6.45, 7) is 0. The van der Waals surface area contributed by atoms with Gasteiger partial charge in [0.2, 0.25) is 0 Å². The van der Waals surface area contributed by atoms with E-state index in [9.17, 15) is 9.59 Å². The van der Waals surface area contributed by atoms with Crippen LogP contribution in [0.2, 0.25) is 20.1 Å². The summed E-state index contributed by atoms with van der Waals surface area (Å²) < 4.78 is 5.57. The smallest absolute Gasteiger partial charge is 0.258 e. The maximum atomic E-state index is 10.9. The van der Waals surface area contributed by atoms with Crippen LogP contribution in [0.15, 0.2) is 60.7 Å². The van der Waals surface area contributed by atoms with Crippen molar-refractivity contribution in [2.75, 3.05) is 0 Å². The average Bonchev–Trinajstić information content (AvgIpc) is 2.98. The maximum absolute atomic E-state index is 10.9. The van der Waals surface area contributed by atoms with Gasteiger partial charge in [-0.05, 0) is 36.4 Å². The lowest BCUT2D eigenvalue weighted by molar-refractivity contribution is 0.0879. The topological polar surface area (TPSA) is 55.4 Å². The zero-order chi connectivity index (χ0) is 20.3. The number of carbonyl (C=O) groups is 2. The first-order valence-corrected chi connectivity index (χ1v) is 9.40. The van der Waals surface area contributed by atoms with E-state index in [2.05, 4.69) is 5.32 Å². The summed E-state index contributed by atoms with van der Waals surface area (Å²) >= 11 is 23.8. The van der Waals surface area contributed by atoms with Gasteiger partial charge in [0, 0.05) is 0 Å². The van der Waals surface area contributed by atoms with Crippen molar-refractivity contribution in [2.45, 2.75) is 0 Å². The van der Waals surface area contributed by atoms with E-state index in [-0.39, 0.29) is 11.8 Å². The lowest BCUT2D eigenvalue weighted by Crippen LogP contribution is -2.19. The van der Waals surface area contributed by atoms with E-state index in [1.54, 1.807) is 60.7 Å². The SMILES string of the molecule is Clc1cccc(Oc2cccc(Cl)c2Cl)c1Cl.O=C1NC(=O)c2ccccc21. The van der Waals surface area contributed by atoms with Crippen molar-refractivity contribution < 1.29 is 14.3 Å². The Hall–Kier alpha value is -2.24. The highest BCUT2D eigenvalue weighted by Crippen LogP contribution is 2.39. The summed E-state index contributed by atoms with van der Waals surface area (Å²) in [6, 6.07) is 17.0. The Kier molecular flexibility index (Phi) is 6.47.